The number of anilines is 1. The molecule has 164 valence electrons. The van der Waals surface area contributed by atoms with Gasteiger partial charge in [-0.1, -0.05) is 53.9 Å². The van der Waals surface area contributed by atoms with Crippen molar-refractivity contribution in [3.63, 3.8) is 0 Å². The lowest BCUT2D eigenvalue weighted by atomic mass is 10.0. The highest BCUT2D eigenvalue weighted by molar-refractivity contribution is 6.36. The number of aryl methyl sites for hydroxylation is 1. The van der Waals surface area contributed by atoms with Crippen LogP contribution in [0, 0.1) is 0 Å². The predicted octanol–water partition coefficient (Wildman–Crippen LogP) is 6.53. The summed E-state index contributed by atoms with van der Waals surface area (Å²) >= 11 is 18.9. The largest absolute Gasteiger partial charge is 0.361 e. The minimum Gasteiger partial charge on any atom is -0.361 e. The average molecular weight is 478 g/mol. The van der Waals surface area contributed by atoms with Crippen LogP contribution in [0.1, 0.15) is 37.3 Å². The Morgan fingerprint density at radius 1 is 1.03 bits per heavy atom. The molecular formula is C24H27Cl3N4. The maximum Gasteiger partial charge on any atom is 0.108 e. The fraction of sp³-hybridized carbons (Fsp3) is 0.375. The van der Waals surface area contributed by atoms with Crippen LogP contribution in [0.5, 0.6) is 0 Å². The fourth-order valence-electron chi connectivity index (χ4n) is 4.46. The summed E-state index contributed by atoms with van der Waals surface area (Å²) in [5.41, 5.74) is 2.24. The molecule has 2 unspecified atom stereocenters. The topological polar surface area (TPSA) is 24.3 Å². The third kappa shape index (κ3) is 5.04. The molecule has 0 amide bonds. The van der Waals surface area contributed by atoms with Gasteiger partial charge in [-0.05, 0) is 42.8 Å². The van der Waals surface area contributed by atoms with E-state index in [-0.39, 0.29) is 6.04 Å². The van der Waals surface area contributed by atoms with Crippen molar-refractivity contribution in [3.05, 3.63) is 81.3 Å². The zero-order chi connectivity index (χ0) is 22.0. The molecule has 1 aromatic heterocycles. The Morgan fingerprint density at radius 3 is 2.48 bits per heavy atom. The molecule has 3 aromatic rings. The molecule has 4 rings (SSSR count). The standard InChI is InChI=1S/C24H27Cl3N4/c1-3-24-28-10-11-30(24)17(2)15-29-12-13-31(22-9-8-20(26)14-21(22)27)23(16-29)18-4-6-19(25)7-5-18/h4-11,14,17,23H,3,12-13,15-16H2,1-2H3. The first-order chi connectivity index (χ1) is 15.0. The van der Waals surface area contributed by atoms with Crippen molar-refractivity contribution in [2.45, 2.75) is 32.4 Å². The Morgan fingerprint density at radius 2 is 1.77 bits per heavy atom. The van der Waals surface area contributed by atoms with Crippen molar-refractivity contribution in [2.75, 3.05) is 31.1 Å². The van der Waals surface area contributed by atoms with Gasteiger partial charge in [-0.25, -0.2) is 4.98 Å². The number of halogens is 3. The molecule has 0 bridgehead atoms. The smallest absolute Gasteiger partial charge is 0.108 e. The van der Waals surface area contributed by atoms with Crippen LogP contribution < -0.4 is 4.90 Å². The second-order valence-electron chi connectivity index (χ2n) is 8.07. The van der Waals surface area contributed by atoms with Gasteiger partial charge in [0.25, 0.3) is 0 Å². The molecule has 7 heteroatoms. The lowest BCUT2D eigenvalue weighted by Crippen LogP contribution is -2.49. The summed E-state index contributed by atoms with van der Waals surface area (Å²) in [5.74, 6) is 1.13. The summed E-state index contributed by atoms with van der Waals surface area (Å²) in [6, 6.07) is 14.4. The Balaban J connectivity index is 1.59. The van der Waals surface area contributed by atoms with Gasteiger partial charge in [0, 0.05) is 61.1 Å². The number of benzene rings is 2. The number of piperazine rings is 1. The van der Waals surface area contributed by atoms with E-state index in [1.165, 1.54) is 5.56 Å². The van der Waals surface area contributed by atoms with Gasteiger partial charge in [-0.15, -0.1) is 0 Å². The summed E-state index contributed by atoms with van der Waals surface area (Å²) in [7, 11) is 0. The monoisotopic (exact) mass is 476 g/mol. The van der Waals surface area contributed by atoms with Crippen molar-refractivity contribution in [3.8, 4) is 0 Å². The van der Waals surface area contributed by atoms with Gasteiger partial charge in [0.05, 0.1) is 16.8 Å². The van der Waals surface area contributed by atoms with Crippen LogP contribution in [0.4, 0.5) is 5.69 Å². The quantitative estimate of drug-likeness (QED) is 0.403. The summed E-state index contributed by atoms with van der Waals surface area (Å²) in [6.07, 6.45) is 4.92. The van der Waals surface area contributed by atoms with Crippen molar-refractivity contribution in [2.24, 2.45) is 0 Å². The minimum atomic E-state index is 0.172. The van der Waals surface area contributed by atoms with E-state index in [1.54, 1.807) is 0 Å². The normalized spacial score (nSPS) is 18.4. The van der Waals surface area contributed by atoms with Gasteiger partial charge in [-0.2, -0.15) is 0 Å². The summed E-state index contributed by atoms with van der Waals surface area (Å²) in [6.45, 7) is 8.13. The average Bonchev–Trinajstić information content (AvgIpc) is 3.24. The molecule has 0 radical (unpaired) electrons. The Labute approximate surface area is 199 Å². The summed E-state index contributed by atoms with van der Waals surface area (Å²) in [5, 5.41) is 2.07. The van der Waals surface area contributed by atoms with Crippen LogP contribution in [-0.2, 0) is 6.42 Å². The van der Waals surface area contributed by atoms with E-state index in [0.29, 0.717) is 16.1 Å². The van der Waals surface area contributed by atoms with E-state index in [0.717, 1.165) is 49.1 Å². The van der Waals surface area contributed by atoms with E-state index < -0.39 is 0 Å². The highest BCUT2D eigenvalue weighted by Crippen LogP contribution is 2.37. The molecule has 1 aliphatic rings. The van der Waals surface area contributed by atoms with Crippen LogP contribution in [-0.4, -0.2) is 40.6 Å². The third-order valence-electron chi connectivity index (χ3n) is 6.00. The van der Waals surface area contributed by atoms with Crippen molar-refractivity contribution in [1.29, 1.82) is 0 Å². The molecule has 2 atom stereocenters. The van der Waals surface area contributed by atoms with Gasteiger partial charge in [-0.3, -0.25) is 4.90 Å². The Bertz CT molecular complexity index is 1020. The van der Waals surface area contributed by atoms with Crippen LogP contribution in [0.15, 0.2) is 54.9 Å². The molecule has 2 aromatic carbocycles. The Hall–Kier alpha value is -1.72. The van der Waals surface area contributed by atoms with E-state index in [9.17, 15) is 0 Å². The second kappa shape index (κ2) is 9.83. The van der Waals surface area contributed by atoms with Gasteiger partial charge < -0.3 is 9.47 Å². The van der Waals surface area contributed by atoms with Crippen molar-refractivity contribution < 1.29 is 0 Å². The number of hydrogen-bond donors (Lipinski definition) is 0. The molecule has 31 heavy (non-hydrogen) atoms. The lowest BCUT2D eigenvalue weighted by molar-refractivity contribution is 0.196. The first-order valence-electron chi connectivity index (χ1n) is 10.7. The van der Waals surface area contributed by atoms with Crippen molar-refractivity contribution in [1.82, 2.24) is 14.5 Å². The van der Waals surface area contributed by atoms with Crippen LogP contribution in [0.3, 0.4) is 0 Å². The predicted molar refractivity (Wildman–Crippen MR) is 131 cm³/mol. The molecule has 0 N–H and O–H groups in total. The highest BCUT2D eigenvalue weighted by atomic mass is 35.5. The highest BCUT2D eigenvalue weighted by Gasteiger charge is 2.30. The first kappa shape index (κ1) is 22.5. The summed E-state index contributed by atoms with van der Waals surface area (Å²) in [4.78, 5) is 9.40. The number of imidazole rings is 1. The van der Waals surface area contributed by atoms with E-state index >= 15 is 0 Å². The minimum absolute atomic E-state index is 0.172. The SMILES string of the molecule is CCc1nccn1C(C)CN1CCN(c2ccc(Cl)cc2Cl)C(c2ccc(Cl)cc2)C1. The molecule has 4 nitrogen and oxygen atoms in total. The Kier molecular flexibility index (Phi) is 7.12. The molecule has 1 fully saturated rings. The molecule has 0 spiro atoms. The van der Waals surface area contributed by atoms with Crippen LogP contribution >= 0.6 is 34.8 Å². The van der Waals surface area contributed by atoms with Gasteiger partial charge >= 0.3 is 0 Å². The van der Waals surface area contributed by atoms with Crippen molar-refractivity contribution >= 4 is 40.5 Å². The fourth-order valence-corrected chi connectivity index (χ4v) is 5.10. The molecule has 1 aliphatic heterocycles. The number of nitrogens with zero attached hydrogens (tertiary/aromatic N) is 4. The summed E-state index contributed by atoms with van der Waals surface area (Å²) < 4.78 is 2.29. The van der Waals surface area contributed by atoms with Crippen LogP contribution in [0.25, 0.3) is 0 Å². The zero-order valence-electron chi connectivity index (χ0n) is 17.8. The maximum absolute atomic E-state index is 6.59. The van der Waals surface area contributed by atoms with Gasteiger partial charge in [0.1, 0.15) is 5.82 Å². The van der Waals surface area contributed by atoms with Gasteiger partial charge in [0.15, 0.2) is 0 Å². The van der Waals surface area contributed by atoms with E-state index in [2.05, 4.69) is 51.5 Å². The number of hydrogen-bond acceptors (Lipinski definition) is 3. The van der Waals surface area contributed by atoms with Crippen LogP contribution in [0.2, 0.25) is 15.1 Å². The lowest BCUT2D eigenvalue weighted by Gasteiger charge is -2.44. The zero-order valence-corrected chi connectivity index (χ0v) is 20.1. The van der Waals surface area contributed by atoms with E-state index in [1.807, 2.05) is 36.5 Å². The first-order valence-corrected chi connectivity index (χ1v) is 11.8. The second-order valence-corrected chi connectivity index (χ2v) is 9.35. The number of aromatic nitrogens is 2. The van der Waals surface area contributed by atoms with Gasteiger partial charge in [0.2, 0.25) is 0 Å². The molecular weight excluding hydrogens is 451 g/mol. The molecule has 2 heterocycles. The maximum atomic E-state index is 6.59. The van der Waals surface area contributed by atoms with E-state index in [4.69, 9.17) is 34.8 Å². The number of rotatable bonds is 6. The third-order valence-corrected chi connectivity index (χ3v) is 6.79. The molecule has 0 aliphatic carbocycles. The molecule has 0 saturated carbocycles. The molecule has 1 saturated heterocycles.